The smallest absolute Gasteiger partial charge is 0.168 e. The quantitative estimate of drug-likeness (QED) is 0.494. The van der Waals surface area contributed by atoms with Crippen molar-refractivity contribution in [2.45, 2.75) is 13.1 Å². The molecule has 0 saturated carbocycles. The molecule has 128 valence electrons. The first kappa shape index (κ1) is 16.1. The molecule has 2 heterocycles. The van der Waals surface area contributed by atoms with E-state index in [4.69, 9.17) is 0 Å². The second-order valence-electron chi connectivity index (χ2n) is 6.23. The van der Waals surface area contributed by atoms with Crippen LogP contribution < -0.4 is 5.01 Å². The van der Waals surface area contributed by atoms with Gasteiger partial charge >= 0.3 is 0 Å². The van der Waals surface area contributed by atoms with Crippen molar-refractivity contribution >= 4 is 17.2 Å². The summed E-state index contributed by atoms with van der Waals surface area (Å²) < 4.78 is 1.98. The van der Waals surface area contributed by atoms with Gasteiger partial charge in [0.25, 0.3) is 0 Å². The molecule has 4 heteroatoms. The molecular weight excluding hydrogens is 322 g/mol. The summed E-state index contributed by atoms with van der Waals surface area (Å²) >= 11 is 0. The number of fused-ring (bicyclic) bond motifs is 1. The molecule has 0 amide bonds. The van der Waals surface area contributed by atoms with Crippen LogP contribution in [0.1, 0.15) is 21.6 Å². The molecule has 0 saturated heterocycles. The van der Waals surface area contributed by atoms with Crippen molar-refractivity contribution in [1.29, 1.82) is 0 Å². The molecule has 0 aliphatic carbocycles. The molecule has 26 heavy (non-hydrogen) atoms. The molecule has 0 atom stereocenters. The first-order chi connectivity index (χ1) is 12.8. The van der Waals surface area contributed by atoms with Crippen LogP contribution in [0, 0.1) is 0 Å². The van der Waals surface area contributed by atoms with E-state index in [1.165, 1.54) is 11.1 Å². The van der Waals surface area contributed by atoms with Crippen LogP contribution in [-0.2, 0) is 13.1 Å². The third kappa shape index (κ3) is 3.22. The molecule has 4 aromatic rings. The fourth-order valence-corrected chi connectivity index (χ4v) is 3.24. The number of pyridine rings is 1. The number of aromatic nitrogens is 2. The molecule has 0 aliphatic heterocycles. The molecule has 4 rings (SSSR count). The first-order valence-electron chi connectivity index (χ1n) is 8.59. The van der Waals surface area contributed by atoms with Gasteiger partial charge in [0, 0.05) is 11.6 Å². The number of carbonyl (C=O) groups is 1. The van der Waals surface area contributed by atoms with E-state index in [0.717, 1.165) is 17.2 Å². The SMILES string of the molecule is O=Cc1cc2ccncc2n1N(Cc1ccccc1)Cc1ccccc1. The highest BCUT2D eigenvalue weighted by Gasteiger charge is 2.16. The molecule has 0 spiro atoms. The van der Waals surface area contributed by atoms with Crippen molar-refractivity contribution in [3.05, 3.63) is 102 Å². The Balaban J connectivity index is 1.81. The summed E-state index contributed by atoms with van der Waals surface area (Å²) in [6, 6.07) is 24.4. The molecular formula is C22H19N3O. The predicted molar refractivity (Wildman–Crippen MR) is 104 cm³/mol. The van der Waals surface area contributed by atoms with Gasteiger partial charge in [-0.15, -0.1) is 0 Å². The Hall–Kier alpha value is -3.40. The van der Waals surface area contributed by atoms with E-state index in [2.05, 4.69) is 34.3 Å². The van der Waals surface area contributed by atoms with Crippen LogP contribution >= 0.6 is 0 Å². The van der Waals surface area contributed by atoms with Crippen molar-refractivity contribution in [3.8, 4) is 0 Å². The zero-order valence-corrected chi connectivity index (χ0v) is 14.3. The number of nitrogens with zero attached hydrogens (tertiary/aromatic N) is 3. The third-order valence-electron chi connectivity index (χ3n) is 4.43. The molecule has 0 bridgehead atoms. The van der Waals surface area contributed by atoms with Gasteiger partial charge in [-0.05, 0) is 23.3 Å². The van der Waals surface area contributed by atoms with Crippen molar-refractivity contribution in [3.63, 3.8) is 0 Å². The summed E-state index contributed by atoms with van der Waals surface area (Å²) in [4.78, 5) is 16.0. The molecule has 0 unspecified atom stereocenters. The van der Waals surface area contributed by atoms with Crippen molar-refractivity contribution < 1.29 is 4.79 Å². The Bertz CT molecular complexity index is 968. The standard InChI is InChI=1S/C22H19N3O/c26-17-21-13-20-11-12-23-14-22(20)25(21)24(15-18-7-3-1-4-8-18)16-19-9-5-2-6-10-19/h1-14,17H,15-16H2. The maximum absolute atomic E-state index is 11.7. The van der Waals surface area contributed by atoms with Gasteiger partial charge in [0.05, 0.1) is 24.8 Å². The number of benzene rings is 2. The van der Waals surface area contributed by atoms with Gasteiger partial charge in [-0.1, -0.05) is 60.7 Å². The zero-order chi connectivity index (χ0) is 17.8. The first-order valence-corrected chi connectivity index (χ1v) is 8.59. The summed E-state index contributed by atoms with van der Waals surface area (Å²) in [5.74, 6) is 0. The van der Waals surface area contributed by atoms with Crippen molar-refractivity contribution in [2.24, 2.45) is 0 Å². The third-order valence-corrected chi connectivity index (χ3v) is 4.43. The minimum Gasteiger partial charge on any atom is -0.303 e. The van der Waals surface area contributed by atoms with E-state index in [-0.39, 0.29) is 0 Å². The summed E-state index contributed by atoms with van der Waals surface area (Å²) in [7, 11) is 0. The van der Waals surface area contributed by atoms with Gasteiger partial charge in [-0.3, -0.25) is 14.5 Å². The van der Waals surface area contributed by atoms with Crippen LogP contribution in [-0.4, -0.2) is 15.9 Å². The fourth-order valence-electron chi connectivity index (χ4n) is 3.24. The van der Waals surface area contributed by atoms with Gasteiger partial charge in [-0.25, -0.2) is 0 Å². The van der Waals surface area contributed by atoms with Crippen LogP contribution in [0.5, 0.6) is 0 Å². The highest BCUT2D eigenvalue weighted by Crippen LogP contribution is 2.21. The van der Waals surface area contributed by atoms with E-state index < -0.39 is 0 Å². The minimum atomic E-state index is 0.625. The topological polar surface area (TPSA) is 38.1 Å². The lowest BCUT2D eigenvalue weighted by molar-refractivity contribution is 0.111. The van der Waals surface area contributed by atoms with Crippen molar-refractivity contribution in [2.75, 3.05) is 5.01 Å². The molecule has 0 fully saturated rings. The van der Waals surface area contributed by atoms with Gasteiger partial charge < -0.3 is 5.01 Å². The molecule has 4 nitrogen and oxygen atoms in total. The number of carbonyl (C=O) groups excluding carboxylic acids is 1. The summed E-state index contributed by atoms with van der Waals surface area (Å²) in [5.41, 5.74) is 3.93. The number of rotatable bonds is 6. The maximum atomic E-state index is 11.7. The highest BCUT2D eigenvalue weighted by atomic mass is 16.1. The molecule has 2 aromatic carbocycles. The molecule has 0 radical (unpaired) electrons. The molecule has 0 aliphatic rings. The summed E-state index contributed by atoms with van der Waals surface area (Å²) in [6.07, 6.45) is 4.47. The van der Waals surface area contributed by atoms with Crippen LogP contribution in [0.3, 0.4) is 0 Å². The zero-order valence-electron chi connectivity index (χ0n) is 14.3. The Labute approximate surface area is 152 Å². The lowest BCUT2D eigenvalue weighted by Crippen LogP contribution is -2.34. The van der Waals surface area contributed by atoms with Crippen molar-refractivity contribution in [1.82, 2.24) is 9.66 Å². The number of hydrogen-bond donors (Lipinski definition) is 0. The number of hydrogen-bond acceptors (Lipinski definition) is 3. The van der Waals surface area contributed by atoms with Gasteiger partial charge in [0.1, 0.15) is 5.69 Å². The largest absolute Gasteiger partial charge is 0.303 e. The predicted octanol–water partition coefficient (Wildman–Crippen LogP) is 4.19. The van der Waals surface area contributed by atoms with Gasteiger partial charge in [0.2, 0.25) is 0 Å². The van der Waals surface area contributed by atoms with Crippen LogP contribution in [0.2, 0.25) is 0 Å². The second-order valence-corrected chi connectivity index (χ2v) is 6.23. The Morgan fingerprint density at radius 3 is 2.08 bits per heavy atom. The summed E-state index contributed by atoms with van der Waals surface area (Å²) in [6.45, 7) is 1.38. The normalized spacial score (nSPS) is 10.8. The highest BCUT2D eigenvalue weighted by molar-refractivity contribution is 5.88. The van der Waals surface area contributed by atoms with Crippen LogP contribution in [0.4, 0.5) is 0 Å². The maximum Gasteiger partial charge on any atom is 0.168 e. The monoisotopic (exact) mass is 341 g/mol. The average Bonchev–Trinajstić information content (AvgIpc) is 3.08. The van der Waals surface area contributed by atoms with E-state index >= 15 is 0 Å². The average molecular weight is 341 g/mol. The Kier molecular flexibility index (Phi) is 4.48. The molecule has 2 aromatic heterocycles. The Morgan fingerprint density at radius 1 is 0.885 bits per heavy atom. The van der Waals surface area contributed by atoms with Crippen LogP contribution in [0.25, 0.3) is 10.9 Å². The van der Waals surface area contributed by atoms with Gasteiger partial charge in [0.15, 0.2) is 6.29 Å². The van der Waals surface area contributed by atoms with E-state index in [1.807, 2.05) is 59.4 Å². The van der Waals surface area contributed by atoms with Crippen LogP contribution in [0.15, 0.2) is 85.2 Å². The lowest BCUT2D eigenvalue weighted by atomic mass is 10.2. The van der Waals surface area contributed by atoms with E-state index in [1.54, 1.807) is 6.20 Å². The van der Waals surface area contributed by atoms with E-state index in [0.29, 0.717) is 18.8 Å². The van der Waals surface area contributed by atoms with Gasteiger partial charge in [-0.2, -0.15) is 0 Å². The minimum absolute atomic E-state index is 0.625. The fraction of sp³-hybridized carbons (Fsp3) is 0.0909. The summed E-state index contributed by atoms with van der Waals surface area (Å²) in [5, 5.41) is 3.19. The van der Waals surface area contributed by atoms with E-state index in [9.17, 15) is 4.79 Å². The molecule has 0 N–H and O–H groups in total. The Morgan fingerprint density at radius 2 is 1.50 bits per heavy atom. The second kappa shape index (κ2) is 7.23. The number of aldehydes is 1. The lowest BCUT2D eigenvalue weighted by Gasteiger charge is -2.28.